The molecule has 1 aromatic heterocycles. The van der Waals surface area contributed by atoms with Crippen molar-refractivity contribution in [3.8, 4) is 0 Å². The molecule has 1 N–H and O–H groups in total. The Morgan fingerprint density at radius 2 is 2.21 bits per heavy atom. The summed E-state index contributed by atoms with van der Waals surface area (Å²) in [5.74, 6) is 1.62. The molecule has 2 heteroatoms. The standard InChI is InChI=1S/C17H28N2/c1-4-14-10-7-11-19-16(14)17(18-5-2)15-9-6-8-13(3)12-15/h7,10-11,13,15,17-18H,4-6,8-9,12H2,1-3H3. The molecule has 0 aliphatic heterocycles. The summed E-state index contributed by atoms with van der Waals surface area (Å²) < 4.78 is 0. The summed E-state index contributed by atoms with van der Waals surface area (Å²) in [5.41, 5.74) is 2.71. The average molecular weight is 260 g/mol. The molecule has 19 heavy (non-hydrogen) atoms. The minimum atomic E-state index is 0.448. The fourth-order valence-electron chi connectivity index (χ4n) is 3.52. The zero-order valence-corrected chi connectivity index (χ0v) is 12.7. The van der Waals surface area contributed by atoms with Crippen molar-refractivity contribution in [2.45, 2.75) is 58.9 Å². The van der Waals surface area contributed by atoms with Crippen LogP contribution in [0, 0.1) is 11.8 Å². The number of aryl methyl sites for hydroxylation is 1. The minimum absolute atomic E-state index is 0.448. The first-order valence-electron chi connectivity index (χ1n) is 7.93. The summed E-state index contributed by atoms with van der Waals surface area (Å²) >= 11 is 0. The maximum atomic E-state index is 4.71. The van der Waals surface area contributed by atoms with Gasteiger partial charge in [-0.3, -0.25) is 4.98 Å². The first-order chi connectivity index (χ1) is 9.26. The lowest BCUT2D eigenvalue weighted by molar-refractivity contribution is 0.222. The second-order valence-electron chi connectivity index (χ2n) is 5.97. The van der Waals surface area contributed by atoms with Crippen LogP contribution in [0.3, 0.4) is 0 Å². The van der Waals surface area contributed by atoms with E-state index in [1.807, 2.05) is 6.20 Å². The van der Waals surface area contributed by atoms with E-state index in [1.165, 1.54) is 36.9 Å². The molecule has 2 nitrogen and oxygen atoms in total. The predicted octanol–water partition coefficient (Wildman–Crippen LogP) is 4.12. The van der Waals surface area contributed by atoms with Crippen molar-refractivity contribution in [1.82, 2.24) is 10.3 Å². The van der Waals surface area contributed by atoms with Crippen LogP contribution in [0.5, 0.6) is 0 Å². The second kappa shape index (κ2) is 7.04. The van der Waals surface area contributed by atoms with E-state index in [2.05, 4.69) is 38.2 Å². The highest BCUT2D eigenvalue weighted by Gasteiger charge is 2.29. The van der Waals surface area contributed by atoms with Gasteiger partial charge in [0, 0.05) is 6.20 Å². The van der Waals surface area contributed by atoms with Gasteiger partial charge in [0.1, 0.15) is 0 Å². The number of aromatic nitrogens is 1. The van der Waals surface area contributed by atoms with Crippen LogP contribution in [-0.4, -0.2) is 11.5 Å². The van der Waals surface area contributed by atoms with Crippen molar-refractivity contribution < 1.29 is 0 Å². The molecule has 1 saturated carbocycles. The number of rotatable bonds is 5. The molecular formula is C17H28N2. The van der Waals surface area contributed by atoms with Gasteiger partial charge in [-0.1, -0.05) is 39.7 Å². The third-order valence-electron chi connectivity index (χ3n) is 4.47. The Hall–Kier alpha value is -0.890. The third-order valence-corrected chi connectivity index (χ3v) is 4.47. The van der Waals surface area contributed by atoms with Crippen molar-refractivity contribution in [2.75, 3.05) is 6.54 Å². The molecule has 0 saturated heterocycles. The minimum Gasteiger partial charge on any atom is -0.309 e. The molecule has 1 heterocycles. The highest BCUT2D eigenvalue weighted by molar-refractivity contribution is 5.23. The summed E-state index contributed by atoms with van der Waals surface area (Å²) in [4.78, 5) is 4.71. The van der Waals surface area contributed by atoms with Gasteiger partial charge in [-0.05, 0) is 49.3 Å². The molecule has 0 aromatic carbocycles. The zero-order valence-electron chi connectivity index (χ0n) is 12.7. The molecule has 3 unspecified atom stereocenters. The first-order valence-corrected chi connectivity index (χ1v) is 7.93. The smallest absolute Gasteiger partial charge is 0.0607 e. The van der Waals surface area contributed by atoms with E-state index in [1.54, 1.807) is 0 Å². The largest absolute Gasteiger partial charge is 0.309 e. The number of pyridine rings is 1. The Bertz CT molecular complexity index is 389. The Labute approximate surface area is 118 Å². The monoisotopic (exact) mass is 260 g/mol. The molecule has 0 amide bonds. The van der Waals surface area contributed by atoms with Crippen molar-refractivity contribution in [2.24, 2.45) is 11.8 Å². The van der Waals surface area contributed by atoms with Gasteiger partial charge < -0.3 is 5.32 Å². The average Bonchev–Trinajstić information content (AvgIpc) is 2.45. The zero-order chi connectivity index (χ0) is 13.7. The van der Waals surface area contributed by atoms with E-state index in [0.29, 0.717) is 6.04 Å². The van der Waals surface area contributed by atoms with Crippen LogP contribution in [-0.2, 0) is 6.42 Å². The maximum absolute atomic E-state index is 4.71. The van der Waals surface area contributed by atoms with E-state index < -0.39 is 0 Å². The van der Waals surface area contributed by atoms with E-state index in [0.717, 1.165) is 24.8 Å². The molecule has 106 valence electrons. The van der Waals surface area contributed by atoms with E-state index >= 15 is 0 Å². The Kier molecular flexibility index (Phi) is 5.38. The number of nitrogens with one attached hydrogen (secondary N) is 1. The fraction of sp³-hybridized carbons (Fsp3) is 0.706. The SMILES string of the molecule is CCNC(c1ncccc1CC)C1CCCC(C)C1. The van der Waals surface area contributed by atoms with Gasteiger partial charge in [0.15, 0.2) is 0 Å². The molecule has 1 aliphatic carbocycles. The first kappa shape index (κ1) is 14.5. The van der Waals surface area contributed by atoms with E-state index in [4.69, 9.17) is 4.98 Å². The van der Waals surface area contributed by atoms with Crippen LogP contribution in [0.25, 0.3) is 0 Å². The normalized spacial score (nSPS) is 25.2. The molecule has 0 bridgehead atoms. The van der Waals surface area contributed by atoms with Crippen molar-refractivity contribution in [3.63, 3.8) is 0 Å². The van der Waals surface area contributed by atoms with E-state index in [9.17, 15) is 0 Å². The Morgan fingerprint density at radius 1 is 1.37 bits per heavy atom. The molecule has 0 spiro atoms. The van der Waals surface area contributed by atoms with Crippen LogP contribution in [0.1, 0.15) is 63.8 Å². The van der Waals surface area contributed by atoms with Gasteiger partial charge in [-0.15, -0.1) is 0 Å². The highest BCUT2D eigenvalue weighted by Crippen LogP contribution is 2.37. The van der Waals surface area contributed by atoms with Crippen LogP contribution >= 0.6 is 0 Å². The summed E-state index contributed by atoms with van der Waals surface area (Å²) in [6, 6.07) is 4.75. The lowest BCUT2D eigenvalue weighted by Gasteiger charge is -2.34. The molecular weight excluding hydrogens is 232 g/mol. The van der Waals surface area contributed by atoms with Crippen molar-refractivity contribution in [3.05, 3.63) is 29.6 Å². The quantitative estimate of drug-likeness (QED) is 0.861. The van der Waals surface area contributed by atoms with Crippen LogP contribution in [0.2, 0.25) is 0 Å². The van der Waals surface area contributed by atoms with Gasteiger partial charge >= 0.3 is 0 Å². The fourth-order valence-corrected chi connectivity index (χ4v) is 3.52. The second-order valence-corrected chi connectivity index (χ2v) is 5.97. The van der Waals surface area contributed by atoms with Crippen LogP contribution < -0.4 is 5.32 Å². The number of hydrogen-bond acceptors (Lipinski definition) is 2. The predicted molar refractivity (Wildman–Crippen MR) is 81.2 cm³/mol. The number of nitrogens with zero attached hydrogens (tertiary/aromatic N) is 1. The van der Waals surface area contributed by atoms with E-state index in [-0.39, 0.29) is 0 Å². The molecule has 2 rings (SSSR count). The lowest BCUT2D eigenvalue weighted by atomic mass is 9.77. The molecule has 3 atom stereocenters. The summed E-state index contributed by atoms with van der Waals surface area (Å²) in [6.07, 6.45) is 8.50. The summed E-state index contributed by atoms with van der Waals surface area (Å²) in [5, 5.41) is 3.70. The number of hydrogen-bond donors (Lipinski definition) is 1. The summed E-state index contributed by atoms with van der Waals surface area (Å²) in [6.45, 7) is 7.85. The molecule has 1 aliphatic rings. The Morgan fingerprint density at radius 3 is 2.89 bits per heavy atom. The Balaban J connectivity index is 2.23. The van der Waals surface area contributed by atoms with Crippen LogP contribution in [0.4, 0.5) is 0 Å². The van der Waals surface area contributed by atoms with Gasteiger partial charge in [0.2, 0.25) is 0 Å². The van der Waals surface area contributed by atoms with Crippen molar-refractivity contribution in [1.29, 1.82) is 0 Å². The van der Waals surface area contributed by atoms with Gasteiger partial charge in [-0.2, -0.15) is 0 Å². The molecule has 1 aromatic rings. The maximum Gasteiger partial charge on any atom is 0.0607 e. The lowest BCUT2D eigenvalue weighted by Crippen LogP contribution is -2.32. The van der Waals surface area contributed by atoms with Gasteiger partial charge in [0.25, 0.3) is 0 Å². The third kappa shape index (κ3) is 3.56. The van der Waals surface area contributed by atoms with Gasteiger partial charge in [0.05, 0.1) is 11.7 Å². The molecule has 1 fully saturated rings. The van der Waals surface area contributed by atoms with Crippen molar-refractivity contribution >= 4 is 0 Å². The topological polar surface area (TPSA) is 24.9 Å². The van der Waals surface area contributed by atoms with Crippen LogP contribution in [0.15, 0.2) is 18.3 Å². The van der Waals surface area contributed by atoms with Gasteiger partial charge in [-0.25, -0.2) is 0 Å². The summed E-state index contributed by atoms with van der Waals surface area (Å²) in [7, 11) is 0. The molecule has 0 radical (unpaired) electrons. The highest BCUT2D eigenvalue weighted by atomic mass is 14.9.